The van der Waals surface area contributed by atoms with Crippen LogP contribution >= 0.6 is 11.3 Å². The van der Waals surface area contributed by atoms with Gasteiger partial charge in [-0.1, -0.05) is 6.92 Å². The monoisotopic (exact) mass is 322 g/mol. The fourth-order valence-electron chi connectivity index (χ4n) is 3.82. The molecule has 22 heavy (non-hydrogen) atoms. The van der Waals surface area contributed by atoms with E-state index in [1.807, 2.05) is 11.6 Å². The normalized spacial score (nSPS) is 29.4. The van der Waals surface area contributed by atoms with Crippen LogP contribution in [-0.4, -0.2) is 72.4 Å². The predicted molar refractivity (Wildman–Crippen MR) is 88.7 cm³/mol. The van der Waals surface area contributed by atoms with Gasteiger partial charge in [-0.15, -0.1) is 11.3 Å². The third kappa shape index (κ3) is 2.92. The summed E-state index contributed by atoms with van der Waals surface area (Å²) in [6.45, 7) is 7.75. The van der Waals surface area contributed by atoms with E-state index in [2.05, 4.69) is 40.7 Å². The lowest BCUT2D eigenvalue weighted by molar-refractivity contribution is -0.137. The van der Waals surface area contributed by atoms with E-state index in [0.29, 0.717) is 11.8 Å². The first-order chi connectivity index (χ1) is 10.5. The third-order valence-corrected chi connectivity index (χ3v) is 5.95. The maximum absolute atomic E-state index is 13.0. The van der Waals surface area contributed by atoms with Crippen molar-refractivity contribution in [2.45, 2.75) is 19.9 Å². The van der Waals surface area contributed by atoms with Crippen LogP contribution < -0.4 is 0 Å². The number of carbonyl (C=O) groups is 1. The molecule has 2 aliphatic heterocycles. The maximum Gasteiger partial charge on any atom is 0.230 e. The van der Waals surface area contributed by atoms with E-state index in [1.165, 1.54) is 0 Å². The van der Waals surface area contributed by atoms with Crippen molar-refractivity contribution < 1.29 is 4.79 Å². The fraction of sp³-hybridized carbons (Fsp3) is 0.750. The molecule has 0 aliphatic carbocycles. The van der Waals surface area contributed by atoms with E-state index in [-0.39, 0.29) is 5.41 Å². The van der Waals surface area contributed by atoms with Gasteiger partial charge in [-0.25, -0.2) is 4.98 Å². The molecule has 122 valence electrons. The van der Waals surface area contributed by atoms with E-state index >= 15 is 0 Å². The lowest BCUT2D eigenvalue weighted by Gasteiger charge is -2.27. The molecule has 1 aromatic rings. The summed E-state index contributed by atoms with van der Waals surface area (Å²) in [5, 5.41) is 3.17. The summed E-state index contributed by atoms with van der Waals surface area (Å²) in [4.78, 5) is 24.0. The van der Waals surface area contributed by atoms with Gasteiger partial charge < -0.3 is 9.80 Å². The van der Waals surface area contributed by atoms with Crippen LogP contribution in [0.25, 0.3) is 0 Å². The summed E-state index contributed by atoms with van der Waals surface area (Å²) >= 11 is 1.70. The highest BCUT2D eigenvalue weighted by Crippen LogP contribution is 2.44. The zero-order valence-corrected chi connectivity index (χ0v) is 14.6. The van der Waals surface area contributed by atoms with Crippen LogP contribution in [0.5, 0.6) is 0 Å². The molecule has 5 nitrogen and oxygen atoms in total. The number of nitrogens with zero attached hydrogens (tertiary/aromatic N) is 4. The molecule has 3 rings (SSSR count). The molecule has 0 bridgehead atoms. The minimum absolute atomic E-state index is 0.149. The van der Waals surface area contributed by atoms with E-state index < -0.39 is 0 Å². The first-order valence-corrected chi connectivity index (χ1v) is 8.94. The number of thiazole rings is 1. The maximum atomic E-state index is 13.0. The molecule has 0 unspecified atom stereocenters. The summed E-state index contributed by atoms with van der Waals surface area (Å²) in [5.41, 5.74) is -0.149. The molecule has 0 N–H and O–H groups in total. The Morgan fingerprint density at radius 1 is 1.50 bits per heavy atom. The van der Waals surface area contributed by atoms with Gasteiger partial charge in [0.25, 0.3) is 0 Å². The van der Waals surface area contributed by atoms with Gasteiger partial charge in [0, 0.05) is 44.3 Å². The van der Waals surface area contributed by atoms with Crippen LogP contribution in [0, 0.1) is 11.3 Å². The lowest BCUT2D eigenvalue weighted by atomic mass is 9.78. The van der Waals surface area contributed by atoms with Crippen LogP contribution in [0.1, 0.15) is 18.4 Å². The molecule has 1 amide bonds. The summed E-state index contributed by atoms with van der Waals surface area (Å²) in [5.74, 6) is 0.813. The smallest absolute Gasteiger partial charge is 0.230 e. The lowest BCUT2D eigenvalue weighted by Crippen LogP contribution is -2.41. The molecular weight excluding hydrogens is 296 g/mol. The zero-order valence-electron chi connectivity index (χ0n) is 13.8. The van der Waals surface area contributed by atoms with Gasteiger partial charge in [0.15, 0.2) is 0 Å². The third-order valence-electron chi connectivity index (χ3n) is 5.18. The number of hydrogen-bond donors (Lipinski definition) is 0. The SMILES string of the molecule is C[C@@H]1CN(Cc2nccs2)C[C@]12CCN(CCN(C)C)C2=O. The van der Waals surface area contributed by atoms with Crippen molar-refractivity contribution in [1.29, 1.82) is 0 Å². The van der Waals surface area contributed by atoms with Gasteiger partial charge in [0.1, 0.15) is 5.01 Å². The number of aromatic nitrogens is 1. The molecule has 2 fully saturated rings. The van der Waals surface area contributed by atoms with E-state index in [1.54, 1.807) is 11.3 Å². The van der Waals surface area contributed by atoms with Crippen LogP contribution in [-0.2, 0) is 11.3 Å². The summed E-state index contributed by atoms with van der Waals surface area (Å²) in [6.07, 6.45) is 2.87. The standard InChI is InChI=1S/C16H26N4OS/c1-13-10-19(11-14-17-5-9-22-14)12-16(13)4-6-20(15(16)21)8-7-18(2)3/h5,9,13H,4,6-8,10-12H2,1-3H3/t13-,16-/m1/s1. The predicted octanol–water partition coefficient (Wildman–Crippen LogP) is 1.38. The van der Waals surface area contributed by atoms with Crippen LogP contribution in [0.3, 0.4) is 0 Å². The Kier molecular flexibility index (Phi) is 4.52. The Labute approximate surface area is 136 Å². The Balaban J connectivity index is 1.64. The molecule has 2 atom stereocenters. The Morgan fingerprint density at radius 2 is 2.32 bits per heavy atom. The molecule has 2 saturated heterocycles. The second-order valence-corrected chi connectivity index (χ2v) is 7.98. The van der Waals surface area contributed by atoms with Crippen molar-refractivity contribution in [2.75, 3.05) is 46.8 Å². The summed E-state index contributed by atoms with van der Waals surface area (Å²) in [6, 6.07) is 0. The van der Waals surface area contributed by atoms with Crippen LogP contribution in [0.4, 0.5) is 0 Å². The summed E-state index contributed by atoms with van der Waals surface area (Å²) < 4.78 is 0. The van der Waals surface area contributed by atoms with Crippen molar-refractivity contribution in [3.63, 3.8) is 0 Å². The quantitative estimate of drug-likeness (QED) is 0.821. The van der Waals surface area contributed by atoms with Gasteiger partial charge in [0.05, 0.1) is 12.0 Å². The topological polar surface area (TPSA) is 39.7 Å². The van der Waals surface area contributed by atoms with Crippen molar-refractivity contribution in [3.8, 4) is 0 Å². The zero-order chi connectivity index (χ0) is 15.7. The molecule has 6 heteroatoms. The number of hydrogen-bond acceptors (Lipinski definition) is 5. The first-order valence-electron chi connectivity index (χ1n) is 8.06. The molecule has 3 heterocycles. The van der Waals surface area contributed by atoms with Gasteiger partial charge in [-0.2, -0.15) is 0 Å². The first kappa shape index (κ1) is 15.9. The Morgan fingerprint density at radius 3 is 3.00 bits per heavy atom. The van der Waals surface area contributed by atoms with Gasteiger partial charge >= 0.3 is 0 Å². The molecule has 1 aromatic heterocycles. The van der Waals surface area contributed by atoms with Crippen molar-refractivity contribution in [2.24, 2.45) is 11.3 Å². The fourth-order valence-corrected chi connectivity index (χ4v) is 4.48. The van der Waals surface area contributed by atoms with E-state index in [9.17, 15) is 4.79 Å². The molecular formula is C16H26N4OS. The van der Waals surface area contributed by atoms with Crippen LogP contribution in [0.2, 0.25) is 0 Å². The van der Waals surface area contributed by atoms with Crippen molar-refractivity contribution in [3.05, 3.63) is 16.6 Å². The van der Waals surface area contributed by atoms with E-state index in [0.717, 1.165) is 50.7 Å². The van der Waals surface area contributed by atoms with Crippen molar-refractivity contribution in [1.82, 2.24) is 19.7 Å². The van der Waals surface area contributed by atoms with Gasteiger partial charge in [0.2, 0.25) is 5.91 Å². The molecule has 0 radical (unpaired) electrons. The highest BCUT2D eigenvalue weighted by atomic mass is 32.1. The number of rotatable bonds is 5. The van der Waals surface area contributed by atoms with Gasteiger partial charge in [-0.05, 0) is 26.4 Å². The molecule has 2 aliphatic rings. The van der Waals surface area contributed by atoms with Crippen molar-refractivity contribution >= 4 is 17.2 Å². The molecule has 1 spiro atoms. The number of likely N-dealkylation sites (N-methyl/N-ethyl adjacent to an activating group) is 1. The van der Waals surface area contributed by atoms with Gasteiger partial charge in [-0.3, -0.25) is 9.69 Å². The summed E-state index contributed by atoms with van der Waals surface area (Å²) in [7, 11) is 4.12. The Hall–Kier alpha value is -0.980. The largest absolute Gasteiger partial charge is 0.341 e. The number of carbonyl (C=O) groups excluding carboxylic acids is 1. The molecule has 0 aromatic carbocycles. The Bertz CT molecular complexity index is 518. The second-order valence-electron chi connectivity index (χ2n) is 7.00. The second kappa shape index (κ2) is 6.26. The van der Waals surface area contributed by atoms with Crippen LogP contribution in [0.15, 0.2) is 11.6 Å². The number of likely N-dealkylation sites (tertiary alicyclic amines) is 2. The highest BCUT2D eigenvalue weighted by Gasteiger charge is 2.54. The average molecular weight is 322 g/mol. The average Bonchev–Trinajstić information content (AvgIpc) is 3.14. The number of amides is 1. The molecule has 0 saturated carbocycles. The minimum Gasteiger partial charge on any atom is -0.341 e. The minimum atomic E-state index is -0.149. The van der Waals surface area contributed by atoms with E-state index in [4.69, 9.17) is 0 Å². The highest BCUT2D eigenvalue weighted by molar-refractivity contribution is 7.09.